The maximum Gasteiger partial charge on any atom is 0.0654 e. The second-order valence-electron chi connectivity index (χ2n) is 4.45. The summed E-state index contributed by atoms with van der Waals surface area (Å²) in [5, 5.41) is 4.99. The van der Waals surface area contributed by atoms with E-state index in [2.05, 4.69) is 17.1 Å². The minimum atomic E-state index is 0.546. The van der Waals surface area contributed by atoms with Gasteiger partial charge in [-0.15, -0.1) is 0 Å². The van der Waals surface area contributed by atoms with Crippen LogP contribution in [-0.2, 0) is 0 Å². The first-order valence-corrected chi connectivity index (χ1v) is 6.89. The highest BCUT2D eigenvalue weighted by Crippen LogP contribution is 2.29. The maximum atomic E-state index is 6.26. The Morgan fingerprint density at radius 1 is 1.41 bits per heavy atom. The van der Waals surface area contributed by atoms with E-state index in [9.17, 15) is 0 Å². The summed E-state index contributed by atoms with van der Waals surface area (Å²) in [5.74, 6) is 0. The van der Waals surface area contributed by atoms with Crippen LogP contribution in [0.25, 0.3) is 0 Å². The molecule has 1 saturated heterocycles. The first kappa shape index (κ1) is 13.0. The lowest BCUT2D eigenvalue weighted by atomic mass is 10.2. The highest BCUT2D eigenvalue weighted by atomic mass is 35.5. The molecule has 0 radical (unpaired) electrons. The summed E-state index contributed by atoms with van der Waals surface area (Å²) >= 11 is 12.2. The van der Waals surface area contributed by atoms with Gasteiger partial charge in [0.25, 0.3) is 0 Å². The average molecular weight is 273 g/mol. The third-order valence-electron chi connectivity index (χ3n) is 3.22. The molecule has 1 aliphatic rings. The molecule has 0 aromatic heterocycles. The molecule has 17 heavy (non-hydrogen) atoms. The molecule has 1 aliphatic heterocycles. The average Bonchev–Trinajstić information content (AvgIpc) is 2.54. The van der Waals surface area contributed by atoms with E-state index in [0.29, 0.717) is 11.1 Å². The topological polar surface area (TPSA) is 15.3 Å². The molecule has 1 atom stereocenters. The number of halogens is 2. The third kappa shape index (κ3) is 3.27. The van der Waals surface area contributed by atoms with Gasteiger partial charge in [0.05, 0.1) is 10.7 Å². The van der Waals surface area contributed by atoms with Gasteiger partial charge in [0.1, 0.15) is 0 Å². The summed E-state index contributed by atoms with van der Waals surface area (Å²) in [6, 6.07) is 6.28. The van der Waals surface area contributed by atoms with Crippen molar-refractivity contribution in [3.8, 4) is 0 Å². The second kappa shape index (κ2) is 5.94. The Morgan fingerprint density at radius 2 is 2.24 bits per heavy atom. The molecule has 1 unspecified atom stereocenters. The van der Waals surface area contributed by atoms with E-state index in [1.54, 1.807) is 0 Å². The van der Waals surface area contributed by atoms with Gasteiger partial charge in [-0.1, -0.05) is 30.1 Å². The molecule has 94 valence electrons. The normalized spacial score (nSPS) is 21.4. The molecule has 1 fully saturated rings. The van der Waals surface area contributed by atoms with Crippen LogP contribution in [0.15, 0.2) is 18.2 Å². The highest BCUT2D eigenvalue weighted by molar-refractivity contribution is 6.36. The number of rotatable bonds is 2. The Kier molecular flexibility index (Phi) is 4.55. The minimum Gasteiger partial charge on any atom is -0.369 e. The van der Waals surface area contributed by atoms with Crippen molar-refractivity contribution in [3.05, 3.63) is 28.2 Å². The first-order valence-electron chi connectivity index (χ1n) is 6.14. The van der Waals surface area contributed by atoms with Crippen molar-refractivity contribution in [1.29, 1.82) is 0 Å². The molecule has 0 bridgehead atoms. The zero-order valence-electron chi connectivity index (χ0n) is 10.0. The van der Waals surface area contributed by atoms with E-state index < -0.39 is 0 Å². The van der Waals surface area contributed by atoms with Gasteiger partial charge in [-0.2, -0.15) is 0 Å². The molecule has 1 aromatic rings. The number of hydrogen-bond donors (Lipinski definition) is 1. The summed E-state index contributed by atoms with van der Waals surface area (Å²) in [4.78, 5) is 2.35. The van der Waals surface area contributed by atoms with Gasteiger partial charge in [-0.25, -0.2) is 0 Å². The van der Waals surface area contributed by atoms with Crippen LogP contribution < -0.4 is 10.2 Å². The lowest BCUT2D eigenvalue weighted by Crippen LogP contribution is -2.37. The Balaban J connectivity index is 2.19. The monoisotopic (exact) mass is 272 g/mol. The number of hydrogen-bond acceptors (Lipinski definition) is 2. The highest BCUT2D eigenvalue weighted by Gasteiger charge is 2.18. The van der Waals surface area contributed by atoms with Crippen molar-refractivity contribution in [1.82, 2.24) is 5.32 Å². The summed E-state index contributed by atoms with van der Waals surface area (Å²) in [7, 11) is 0. The van der Waals surface area contributed by atoms with Crippen LogP contribution in [0.2, 0.25) is 10.0 Å². The van der Waals surface area contributed by atoms with E-state index >= 15 is 0 Å². The Labute approximate surface area is 113 Å². The smallest absolute Gasteiger partial charge is 0.0654 e. The molecule has 1 heterocycles. The molecule has 2 nitrogen and oxygen atoms in total. The molecule has 2 rings (SSSR count). The van der Waals surface area contributed by atoms with Crippen LogP contribution in [0, 0.1) is 0 Å². The van der Waals surface area contributed by atoms with Crippen molar-refractivity contribution >= 4 is 28.9 Å². The zero-order chi connectivity index (χ0) is 12.3. The number of benzene rings is 1. The van der Waals surface area contributed by atoms with E-state index in [1.807, 2.05) is 18.2 Å². The molecule has 0 aliphatic carbocycles. The zero-order valence-corrected chi connectivity index (χ0v) is 11.6. The summed E-state index contributed by atoms with van der Waals surface area (Å²) < 4.78 is 0. The standard InChI is InChI=1S/C13H18Cl2N2/c1-2-11-9-17(7-3-6-16-11)13-5-4-10(14)8-12(13)15/h4-5,8,11,16H,2-3,6-7,9H2,1H3. The summed E-state index contributed by atoms with van der Waals surface area (Å²) in [5.41, 5.74) is 1.10. The third-order valence-corrected chi connectivity index (χ3v) is 3.76. The maximum absolute atomic E-state index is 6.26. The summed E-state index contributed by atoms with van der Waals surface area (Å²) in [6.45, 7) is 5.35. The predicted molar refractivity (Wildman–Crippen MR) is 75.4 cm³/mol. The molecular weight excluding hydrogens is 255 g/mol. The van der Waals surface area contributed by atoms with Crippen molar-refractivity contribution in [3.63, 3.8) is 0 Å². The predicted octanol–water partition coefficient (Wildman–Crippen LogP) is 3.57. The van der Waals surface area contributed by atoms with Crippen molar-refractivity contribution in [2.45, 2.75) is 25.8 Å². The van der Waals surface area contributed by atoms with Gasteiger partial charge in [0, 0.05) is 24.2 Å². The van der Waals surface area contributed by atoms with Crippen LogP contribution in [0.4, 0.5) is 5.69 Å². The largest absolute Gasteiger partial charge is 0.369 e. The van der Waals surface area contributed by atoms with Gasteiger partial charge < -0.3 is 10.2 Å². The number of nitrogens with one attached hydrogen (secondary N) is 1. The molecule has 1 aromatic carbocycles. The van der Waals surface area contributed by atoms with Crippen LogP contribution in [-0.4, -0.2) is 25.7 Å². The van der Waals surface area contributed by atoms with Crippen LogP contribution in [0.1, 0.15) is 19.8 Å². The second-order valence-corrected chi connectivity index (χ2v) is 5.30. The first-order chi connectivity index (χ1) is 8.20. The molecule has 0 spiro atoms. The molecule has 0 saturated carbocycles. The number of anilines is 1. The molecular formula is C13H18Cl2N2. The van der Waals surface area contributed by atoms with Gasteiger partial charge >= 0.3 is 0 Å². The van der Waals surface area contributed by atoms with Gasteiger partial charge in [0.2, 0.25) is 0 Å². The fourth-order valence-electron chi connectivity index (χ4n) is 2.23. The Morgan fingerprint density at radius 3 is 2.94 bits per heavy atom. The van der Waals surface area contributed by atoms with E-state index in [4.69, 9.17) is 23.2 Å². The minimum absolute atomic E-state index is 0.546. The van der Waals surface area contributed by atoms with Gasteiger partial charge in [-0.05, 0) is 37.6 Å². The van der Waals surface area contributed by atoms with Crippen molar-refractivity contribution in [2.24, 2.45) is 0 Å². The Bertz CT molecular complexity index is 382. The van der Waals surface area contributed by atoms with Crippen LogP contribution in [0.5, 0.6) is 0 Å². The number of nitrogens with zero attached hydrogens (tertiary/aromatic N) is 1. The van der Waals surface area contributed by atoms with E-state index in [0.717, 1.165) is 43.2 Å². The van der Waals surface area contributed by atoms with Crippen LogP contribution >= 0.6 is 23.2 Å². The van der Waals surface area contributed by atoms with Crippen molar-refractivity contribution < 1.29 is 0 Å². The fraction of sp³-hybridized carbons (Fsp3) is 0.538. The van der Waals surface area contributed by atoms with E-state index in [-0.39, 0.29) is 0 Å². The van der Waals surface area contributed by atoms with Gasteiger partial charge in [0.15, 0.2) is 0 Å². The Hall–Kier alpha value is -0.440. The lowest BCUT2D eigenvalue weighted by molar-refractivity contribution is 0.528. The molecule has 4 heteroatoms. The quantitative estimate of drug-likeness (QED) is 0.886. The fourth-order valence-corrected chi connectivity index (χ4v) is 2.76. The summed E-state index contributed by atoms with van der Waals surface area (Å²) in [6.07, 6.45) is 2.29. The molecule has 0 amide bonds. The van der Waals surface area contributed by atoms with E-state index in [1.165, 1.54) is 0 Å². The molecule has 1 N–H and O–H groups in total. The lowest BCUT2D eigenvalue weighted by Gasteiger charge is -2.26. The van der Waals surface area contributed by atoms with Crippen LogP contribution in [0.3, 0.4) is 0 Å². The van der Waals surface area contributed by atoms with Gasteiger partial charge in [-0.3, -0.25) is 0 Å². The SMILES string of the molecule is CCC1CN(c2ccc(Cl)cc2Cl)CCCN1. The van der Waals surface area contributed by atoms with Crippen molar-refractivity contribution in [2.75, 3.05) is 24.5 Å².